The highest BCUT2D eigenvalue weighted by atomic mass is 79.9. The predicted octanol–water partition coefficient (Wildman–Crippen LogP) is 4.01. The summed E-state index contributed by atoms with van der Waals surface area (Å²) >= 11 is 5.13. The van der Waals surface area contributed by atoms with Gasteiger partial charge in [0.25, 0.3) is 0 Å². The van der Waals surface area contributed by atoms with E-state index in [2.05, 4.69) is 40.2 Å². The Morgan fingerprint density at radius 2 is 2.21 bits per heavy atom. The quantitative estimate of drug-likeness (QED) is 0.642. The maximum Gasteiger partial charge on any atom is 0.0370 e. The van der Waals surface area contributed by atoms with Crippen LogP contribution in [0, 0.1) is 0 Å². The van der Waals surface area contributed by atoms with Crippen molar-refractivity contribution < 1.29 is 0 Å². The van der Waals surface area contributed by atoms with Crippen LogP contribution in [0.1, 0.15) is 13.3 Å². The molecule has 76 valence electrons. The standard InChI is InChI=1S/C11H14BrNS/c1-3-9(2)8-13-14-11-7-5-4-6-10(11)12/h4-7,13H,2-3,8H2,1H3. The van der Waals surface area contributed by atoms with E-state index in [0.29, 0.717) is 0 Å². The van der Waals surface area contributed by atoms with Crippen molar-refractivity contribution in [1.82, 2.24) is 4.72 Å². The average Bonchev–Trinajstić information content (AvgIpc) is 2.20. The van der Waals surface area contributed by atoms with Gasteiger partial charge in [-0.3, -0.25) is 4.72 Å². The lowest BCUT2D eigenvalue weighted by Gasteiger charge is -2.06. The molecule has 0 bridgehead atoms. The molecule has 0 heterocycles. The number of halogens is 1. The number of rotatable bonds is 5. The van der Waals surface area contributed by atoms with Gasteiger partial charge in [-0.2, -0.15) is 0 Å². The number of nitrogens with one attached hydrogen (secondary N) is 1. The van der Waals surface area contributed by atoms with Crippen molar-refractivity contribution in [2.45, 2.75) is 18.2 Å². The molecule has 3 heteroatoms. The van der Waals surface area contributed by atoms with Gasteiger partial charge in [0.1, 0.15) is 0 Å². The first-order valence-electron chi connectivity index (χ1n) is 4.55. The van der Waals surface area contributed by atoms with Crippen molar-refractivity contribution >= 4 is 27.9 Å². The predicted molar refractivity (Wildman–Crippen MR) is 67.4 cm³/mol. The zero-order valence-electron chi connectivity index (χ0n) is 8.22. The van der Waals surface area contributed by atoms with Gasteiger partial charge in [-0.1, -0.05) is 31.2 Å². The van der Waals surface area contributed by atoms with Gasteiger partial charge in [0, 0.05) is 15.9 Å². The molecule has 1 nitrogen and oxygen atoms in total. The Labute approximate surface area is 98.2 Å². The molecular weight excluding hydrogens is 258 g/mol. The Bertz CT molecular complexity index is 312. The second-order valence-corrected chi connectivity index (χ2v) is 4.74. The van der Waals surface area contributed by atoms with E-state index in [-0.39, 0.29) is 0 Å². The summed E-state index contributed by atoms with van der Waals surface area (Å²) in [6.45, 7) is 6.92. The maximum absolute atomic E-state index is 3.94. The first kappa shape index (κ1) is 11.8. The zero-order valence-corrected chi connectivity index (χ0v) is 10.6. The normalized spacial score (nSPS) is 10.1. The monoisotopic (exact) mass is 271 g/mol. The van der Waals surface area contributed by atoms with Crippen molar-refractivity contribution in [2.75, 3.05) is 6.54 Å². The molecule has 0 aromatic heterocycles. The highest BCUT2D eigenvalue weighted by molar-refractivity contribution is 9.10. The van der Waals surface area contributed by atoms with Crippen LogP contribution in [0.15, 0.2) is 45.8 Å². The number of hydrogen-bond donors (Lipinski definition) is 1. The molecule has 0 aliphatic carbocycles. The van der Waals surface area contributed by atoms with E-state index in [9.17, 15) is 0 Å². The van der Waals surface area contributed by atoms with Gasteiger partial charge in [-0.05, 0) is 46.4 Å². The zero-order chi connectivity index (χ0) is 10.4. The van der Waals surface area contributed by atoms with Crippen molar-refractivity contribution in [3.8, 4) is 0 Å². The molecule has 0 unspecified atom stereocenters. The molecule has 0 aliphatic heterocycles. The molecule has 1 N–H and O–H groups in total. The summed E-state index contributed by atoms with van der Waals surface area (Å²) < 4.78 is 4.40. The van der Waals surface area contributed by atoms with Gasteiger partial charge >= 0.3 is 0 Å². The molecule has 0 fully saturated rings. The minimum Gasteiger partial charge on any atom is -0.256 e. The van der Waals surface area contributed by atoms with Gasteiger partial charge in [0.05, 0.1) is 0 Å². The molecule has 1 aromatic rings. The number of hydrogen-bond acceptors (Lipinski definition) is 2. The van der Waals surface area contributed by atoms with Crippen LogP contribution in [-0.4, -0.2) is 6.54 Å². The second kappa shape index (κ2) is 6.27. The molecule has 0 saturated heterocycles. The first-order chi connectivity index (χ1) is 6.74. The Morgan fingerprint density at radius 1 is 1.50 bits per heavy atom. The van der Waals surface area contributed by atoms with Crippen LogP contribution in [0.4, 0.5) is 0 Å². The van der Waals surface area contributed by atoms with Gasteiger partial charge in [0.2, 0.25) is 0 Å². The van der Waals surface area contributed by atoms with E-state index in [1.165, 1.54) is 10.5 Å². The fraction of sp³-hybridized carbons (Fsp3) is 0.273. The lowest BCUT2D eigenvalue weighted by atomic mass is 10.2. The third kappa shape index (κ3) is 3.86. The Kier molecular flexibility index (Phi) is 5.30. The molecule has 0 spiro atoms. The summed E-state index contributed by atoms with van der Waals surface area (Å²) in [5.41, 5.74) is 1.23. The van der Waals surface area contributed by atoms with Crippen LogP contribution in [0.25, 0.3) is 0 Å². The summed E-state index contributed by atoms with van der Waals surface area (Å²) in [6, 6.07) is 8.16. The third-order valence-corrected chi connectivity index (χ3v) is 3.66. The minimum atomic E-state index is 0.864. The summed E-state index contributed by atoms with van der Waals surface area (Å²) in [5.74, 6) is 0. The molecular formula is C11H14BrNS. The van der Waals surface area contributed by atoms with Gasteiger partial charge in [0.15, 0.2) is 0 Å². The summed E-state index contributed by atoms with van der Waals surface area (Å²) in [6.07, 6.45) is 1.03. The van der Waals surface area contributed by atoms with Crippen molar-refractivity contribution in [2.24, 2.45) is 0 Å². The molecule has 0 radical (unpaired) electrons. The van der Waals surface area contributed by atoms with Crippen LogP contribution in [0.5, 0.6) is 0 Å². The molecule has 1 rings (SSSR count). The molecule has 1 aromatic carbocycles. The highest BCUT2D eigenvalue weighted by Gasteiger charge is 1.98. The lowest BCUT2D eigenvalue weighted by Crippen LogP contribution is -2.06. The maximum atomic E-state index is 3.94. The van der Waals surface area contributed by atoms with E-state index in [0.717, 1.165) is 17.4 Å². The van der Waals surface area contributed by atoms with Crippen LogP contribution in [-0.2, 0) is 0 Å². The summed E-state index contributed by atoms with van der Waals surface area (Å²) in [4.78, 5) is 1.21. The van der Waals surface area contributed by atoms with Gasteiger partial charge in [-0.15, -0.1) is 0 Å². The Hall–Kier alpha value is -0.250. The average molecular weight is 272 g/mol. The van der Waals surface area contributed by atoms with Gasteiger partial charge in [-0.25, -0.2) is 0 Å². The molecule has 14 heavy (non-hydrogen) atoms. The largest absolute Gasteiger partial charge is 0.256 e. The van der Waals surface area contributed by atoms with E-state index in [1.54, 1.807) is 11.9 Å². The Balaban J connectivity index is 2.39. The van der Waals surface area contributed by atoms with Crippen molar-refractivity contribution in [1.29, 1.82) is 0 Å². The second-order valence-electron chi connectivity index (χ2n) is 2.96. The fourth-order valence-electron chi connectivity index (χ4n) is 0.868. The number of benzene rings is 1. The van der Waals surface area contributed by atoms with Crippen molar-refractivity contribution in [3.05, 3.63) is 40.9 Å². The van der Waals surface area contributed by atoms with E-state index >= 15 is 0 Å². The molecule has 0 saturated carbocycles. The fourth-order valence-corrected chi connectivity index (χ4v) is 2.14. The van der Waals surface area contributed by atoms with E-state index in [4.69, 9.17) is 0 Å². The van der Waals surface area contributed by atoms with Crippen LogP contribution < -0.4 is 4.72 Å². The van der Waals surface area contributed by atoms with Crippen LogP contribution in [0.2, 0.25) is 0 Å². The molecule has 0 aliphatic rings. The minimum absolute atomic E-state index is 0.864. The van der Waals surface area contributed by atoms with Crippen LogP contribution >= 0.6 is 27.9 Å². The van der Waals surface area contributed by atoms with Gasteiger partial charge < -0.3 is 0 Å². The van der Waals surface area contributed by atoms with Crippen LogP contribution in [0.3, 0.4) is 0 Å². The van der Waals surface area contributed by atoms with Crippen molar-refractivity contribution in [3.63, 3.8) is 0 Å². The summed E-state index contributed by atoms with van der Waals surface area (Å²) in [7, 11) is 0. The topological polar surface area (TPSA) is 12.0 Å². The Morgan fingerprint density at radius 3 is 2.86 bits per heavy atom. The lowest BCUT2D eigenvalue weighted by molar-refractivity contribution is 0.966. The van der Waals surface area contributed by atoms with E-state index in [1.807, 2.05) is 18.2 Å². The molecule has 0 amide bonds. The molecule has 0 atom stereocenters. The third-order valence-electron chi connectivity index (χ3n) is 1.84. The summed E-state index contributed by atoms with van der Waals surface area (Å²) in [5, 5.41) is 0. The smallest absolute Gasteiger partial charge is 0.0370 e. The highest BCUT2D eigenvalue weighted by Crippen LogP contribution is 2.24. The SMILES string of the molecule is C=C(CC)CNSc1ccccc1Br. The van der Waals surface area contributed by atoms with E-state index < -0.39 is 0 Å². The first-order valence-corrected chi connectivity index (χ1v) is 6.16.